The number of fused-ring (bicyclic) bond motifs is 9. The number of hydrogen-bond donors (Lipinski definition) is 0. The van der Waals surface area contributed by atoms with E-state index >= 15 is 0 Å². The fourth-order valence-corrected chi connectivity index (χ4v) is 11.8. The van der Waals surface area contributed by atoms with Crippen LogP contribution in [0, 0.1) is 0 Å². The van der Waals surface area contributed by atoms with Gasteiger partial charge in [-0.25, -0.2) is 0 Å². The average Bonchev–Trinajstić information content (AvgIpc) is 3.91. The molecule has 2 heteroatoms. The van der Waals surface area contributed by atoms with E-state index in [2.05, 4.69) is 231 Å². The molecule has 1 nitrogen and oxygen atoms in total. The van der Waals surface area contributed by atoms with Crippen molar-refractivity contribution in [1.82, 2.24) is 0 Å². The average molecular weight is 784 g/mol. The lowest BCUT2D eigenvalue weighted by Gasteiger charge is -2.32. The zero-order valence-corrected chi connectivity index (χ0v) is 34.4. The summed E-state index contributed by atoms with van der Waals surface area (Å²) in [6.45, 7) is 4.82. The van der Waals surface area contributed by atoms with Crippen LogP contribution in [0.3, 0.4) is 0 Å². The molecular formula is C58H41NS. The summed E-state index contributed by atoms with van der Waals surface area (Å²) in [4.78, 5) is 2.53. The Morgan fingerprint density at radius 3 is 1.72 bits per heavy atom. The standard InChI is InChI=1S/C58H41NS/c1-57(40-18-5-3-6-19-40)50-27-13-10-25-48(50)56-51(57)28-16-29-53(56)59(42-22-15-17-38(35-42)39-31-33-47-46-24-11-14-30-54(46)60-55(47)36-39)43-32-34-45-44-23-9-12-26-49(44)58(2,52(45)37-43)41-20-7-4-8-21-41/h3-37H,1-2H3. The smallest absolute Gasteiger partial charge is 0.0543 e. The molecule has 10 aromatic rings. The predicted molar refractivity (Wildman–Crippen MR) is 254 cm³/mol. The molecule has 0 saturated heterocycles. The van der Waals surface area contributed by atoms with E-state index < -0.39 is 0 Å². The summed E-state index contributed by atoms with van der Waals surface area (Å²) >= 11 is 1.87. The fourth-order valence-electron chi connectivity index (χ4n) is 10.6. The lowest BCUT2D eigenvalue weighted by Crippen LogP contribution is -2.23. The van der Waals surface area contributed by atoms with Crippen molar-refractivity contribution in [2.75, 3.05) is 4.90 Å². The first-order valence-electron chi connectivity index (χ1n) is 20.9. The van der Waals surface area contributed by atoms with Crippen molar-refractivity contribution in [3.05, 3.63) is 246 Å². The van der Waals surface area contributed by atoms with Crippen molar-refractivity contribution in [2.45, 2.75) is 24.7 Å². The molecule has 0 fully saturated rings. The lowest BCUT2D eigenvalue weighted by molar-refractivity contribution is 0.713. The number of anilines is 3. The van der Waals surface area contributed by atoms with E-state index in [1.54, 1.807) is 0 Å². The first kappa shape index (κ1) is 35.0. The molecule has 2 atom stereocenters. The number of thiophene rings is 1. The molecule has 284 valence electrons. The second kappa shape index (κ2) is 13.3. The molecule has 2 aliphatic rings. The van der Waals surface area contributed by atoms with Crippen LogP contribution in [0.4, 0.5) is 17.1 Å². The zero-order valence-electron chi connectivity index (χ0n) is 33.6. The molecule has 1 aromatic heterocycles. The predicted octanol–water partition coefficient (Wildman–Crippen LogP) is 15.9. The Labute approximate surface area is 355 Å². The van der Waals surface area contributed by atoms with Gasteiger partial charge in [-0.3, -0.25) is 0 Å². The molecule has 0 saturated carbocycles. The molecule has 0 radical (unpaired) electrons. The highest BCUT2D eigenvalue weighted by Crippen LogP contribution is 2.58. The molecule has 0 amide bonds. The molecule has 0 spiro atoms. The number of benzene rings is 9. The Morgan fingerprint density at radius 1 is 0.367 bits per heavy atom. The first-order valence-corrected chi connectivity index (χ1v) is 21.7. The van der Waals surface area contributed by atoms with Gasteiger partial charge in [-0.05, 0) is 118 Å². The normalized spacial score (nSPS) is 17.3. The van der Waals surface area contributed by atoms with E-state index in [4.69, 9.17) is 0 Å². The Balaban J connectivity index is 1.10. The maximum atomic E-state index is 2.53. The van der Waals surface area contributed by atoms with Gasteiger partial charge in [0.05, 0.1) is 5.69 Å². The van der Waals surface area contributed by atoms with Crippen molar-refractivity contribution in [3.63, 3.8) is 0 Å². The third-order valence-electron chi connectivity index (χ3n) is 13.6. The third-order valence-corrected chi connectivity index (χ3v) is 14.8. The second-order valence-electron chi connectivity index (χ2n) is 16.7. The van der Waals surface area contributed by atoms with Crippen LogP contribution in [0.2, 0.25) is 0 Å². The van der Waals surface area contributed by atoms with Crippen molar-refractivity contribution >= 4 is 48.6 Å². The quantitative estimate of drug-likeness (QED) is 0.162. The lowest BCUT2D eigenvalue weighted by atomic mass is 9.74. The van der Waals surface area contributed by atoms with E-state index in [1.165, 1.54) is 92.6 Å². The van der Waals surface area contributed by atoms with Gasteiger partial charge < -0.3 is 4.90 Å². The maximum Gasteiger partial charge on any atom is 0.0543 e. The van der Waals surface area contributed by atoms with Crippen LogP contribution in [-0.2, 0) is 10.8 Å². The largest absolute Gasteiger partial charge is 0.310 e. The van der Waals surface area contributed by atoms with Crippen LogP contribution in [-0.4, -0.2) is 0 Å². The van der Waals surface area contributed by atoms with Crippen molar-refractivity contribution in [2.24, 2.45) is 0 Å². The highest BCUT2D eigenvalue weighted by atomic mass is 32.1. The second-order valence-corrected chi connectivity index (χ2v) is 17.8. The summed E-state index contributed by atoms with van der Waals surface area (Å²) in [6, 6.07) is 79.2. The summed E-state index contributed by atoms with van der Waals surface area (Å²) in [5, 5.41) is 2.64. The SMILES string of the molecule is CC1(c2ccccc2)c2ccccc2-c2ccc(N(c3cccc(-c4ccc5c(c4)sc4ccccc45)c3)c3cccc4c3-c3ccccc3C4(C)c3ccccc3)cc21. The minimum Gasteiger partial charge on any atom is -0.310 e. The summed E-state index contributed by atoms with van der Waals surface area (Å²) < 4.78 is 2.64. The van der Waals surface area contributed by atoms with Gasteiger partial charge in [0.25, 0.3) is 0 Å². The Morgan fingerprint density at radius 2 is 0.933 bits per heavy atom. The van der Waals surface area contributed by atoms with Gasteiger partial charge in [-0.1, -0.05) is 170 Å². The fraction of sp³-hybridized carbons (Fsp3) is 0.0690. The Bertz CT molecular complexity index is 3310. The first-order chi connectivity index (χ1) is 29.5. The molecule has 0 bridgehead atoms. The molecule has 2 aliphatic carbocycles. The van der Waals surface area contributed by atoms with Gasteiger partial charge in [0.1, 0.15) is 0 Å². The van der Waals surface area contributed by atoms with Crippen LogP contribution in [0.25, 0.3) is 53.6 Å². The highest BCUT2D eigenvalue weighted by molar-refractivity contribution is 7.25. The van der Waals surface area contributed by atoms with Gasteiger partial charge in [-0.2, -0.15) is 0 Å². The molecule has 12 rings (SSSR count). The molecule has 2 unspecified atom stereocenters. The highest BCUT2D eigenvalue weighted by Gasteiger charge is 2.44. The summed E-state index contributed by atoms with van der Waals surface area (Å²) in [5.74, 6) is 0. The van der Waals surface area contributed by atoms with Gasteiger partial charge in [-0.15, -0.1) is 11.3 Å². The van der Waals surface area contributed by atoms with E-state index in [1.807, 2.05) is 11.3 Å². The molecule has 9 aromatic carbocycles. The molecule has 0 N–H and O–H groups in total. The summed E-state index contributed by atoms with van der Waals surface area (Å²) in [7, 11) is 0. The minimum absolute atomic E-state index is 0.318. The van der Waals surface area contributed by atoms with Gasteiger partial charge in [0.2, 0.25) is 0 Å². The Hall–Kier alpha value is -7.00. The van der Waals surface area contributed by atoms with Crippen LogP contribution < -0.4 is 4.90 Å². The van der Waals surface area contributed by atoms with Crippen LogP contribution >= 0.6 is 11.3 Å². The van der Waals surface area contributed by atoms with E-state index in [0.29, 0.717) is 0 Å². The molecule has 1 heterocycles. The maximum absolute atomic E-state index is 2.53. The third kappa shape index (κ3) is 4.98. The van der Waals surface area contributed by atoms with E-state index in [9.17, 15) is 0 Å². The van der Waals surface area contributed by atoms with Crippen molar-refractivity contribution in [3.8, 4) is 33.4 Å². The zero-order chi connectivity index (χ0) is 40.0. The summed E-state index contributed by atoms with van der Waals surface area (Å²) in [6.07, 6.45) is 0. The molecule has 0 aliphatic heterocycles. The summed E-state index contributed by atoms with van der Waals surface area (Å²) in [5.41, 5.74) is 18.3. The monoisotopic (exact) mass is 783 g/mol. The minimum atomic E-state index is -0.326. The van der Waals surface area contributed by atoms with Crippen LogP contribution in [0.15, 0.2) is 212 Å². The topological polar surface area (TPSA) is 3.24 Å². The molecule has 60 heavy (non-hydrogen) atoms. The number of rotatable bonds is 6. The van der Waals surface area contributed by atoms with Crippen molar-refractivity contribution in [1.29, 1.82) is 0 Å². The number of hydrogen-bond acceptors (Lipinski definition) is 2. The van der Waals surface area contributed by atoms with Crippen molar-refractivity contribution < 1.29 is 0 Å². The van der Waals surface area contributed by atoms with Gasteiger partial charge in [0.15, 0.2) is 0 Å². The van der Waals surface area contributed by atoms with Gasteiger partial charge in [0, 0.05) is 47.9 Å². The van der Waals surface area contributed by atoms with E-state index in [0.717, 1.165) is 11.4 Å². The van der Waals surface area contributed by atoms with Crippen LogP contribution in [0.5, 0.6) is 0 Å². The Kier molecular flexibility index (Phi) is 7.73. The van der Waals surface area contributed by atoms with Gasteiger partial charge >= 0.3 is 0 Å². The molecular weight excluding hydrogens is 743 g/mol. The van der Waals surface area contributed by atoms with E-state index in [-0.39, 0.29) is 10.8 Å². The number of nitrogens with zero attached hydrogens (tertiary/aromatic N) is 1. The van der Waals surface area contributed by atoms with Crippen LogP contribution in [0.1, 0.15) is 47.2 Å².